The minimum Gasteiger partial charge on any atom is -0.497 e. The van der Waals surface area contributed by atoms with E-state index in [1.807, 2.05) is 24.3 Å². The summed E-state index contributed by atoms with van der Waals surface area (Å²) in [6.45, 7) is 0.128. The lowest BCUT2D eigenvalue weighted by molar-refractivity contribution is -0.136. The molecule has 3 aromatic carbocycles. The maximum Gasteiger partial charge on any atom is 0.305 e. The molecule has 0 heterocycles. The summed E-state index contributed by atoms with van der Waals surface area (Å²) in [7, 11) is 1.69. The maximum atomic E-state index is 12.4. The van der Waals surface area contributed by atoms with Gasteiger partial charge in [0, 0.05) is 17.5 Å². The molecule has 2 saturated carbocycles. The van der Waals surface area contributed by atoms with Crippen LogP contribution in [-0.2, 0) is 10.2 Å². The Morgan fingerprint density at radius 1 is 0.971 bits per heavy atom. The van der Waals surface area contributed by atoms with Crippen LogP contribution in [0.4, 0.5) is 0 Å². The first-order valence-corrected chi connectivity index (χ1v) is 12.3. The van der Waals surface area contributed by atoms with E-state index in [0.717, 1.165) is 23.7 Å². The van der Waals surface area contributed by atoms with Crippen LogP contribution >= 0.6 is 0 Å². The minimum absolute atomic E-state index is 0.0336. The van der Waals surface area contributed by atoms with Gasteiger partial charge in [-0.15, -0.1) is 0 Å². The molecule has 0 aliphatic heterocycles. The Balaban J connectivity index is 1.43. The number of amides is 1. The first-order valence-electron chi connectivity index (χ1n) is 12.3. The van der Waals surface area contributed by atoms with Crippen LogP contribution in [0.5, 0.6) is 5.75 Å². The predicted octanol–water partition coefficient (Wildman–Crippen LogP) is 5.67. The minimum atomic E-state index is -0.920. The summed E-state index contributed by atoms with van der Waals surface area (Å²) in [6.07, 6.45) is 4.86. The Kier molecular flexibility index (Phi) is 6.33. The second-order valence-corrected chi connectivity index (χ2v) is 9.84. The summed E-state index contributed by atoms with van der Waals surface area (Å²) in [5, 5.41) is 11.5. The molecule has 5 nitrogen and oxygen atoms in total. The number of nitrogens with one attached hydrogen (secondary N) is 1. The van der Waals surface area contributed by atoms with Crippen LogP contribution in [0.3, 0.4) is 0 Å². The van der Waals surface area contributed by atoms with Crippen molar-refractivity contribution >= 4 is 11.9 Å². The van der Waals surface area contributed by atoms with E-state index in [1.165, 1.54) is 36.0 Å². The highest BCUT2D eigenvalue weighted by atomic mass is 16.5. The van der Waals surface area contributed by atoms with Gasteiger partial charge in [0.2, 0.25) is 0 Å². The van der Waals surface area contributed by atoms with E-state index < -0.39 is 5.97 Å². The zero-order valence-corrected chi connectivity index (χ0v) is 20.0. The second-order valence-electron chi connectivity index (χ2n) is 9.84. The maximum absolute atomic E-state index is 12.4. The fourth-order valence-electron chi connectivity index (χ4n) is 6.27. The number of fused-ring (bicyclic) bond motifs is 2. The Labute approximate surface area is 206 Å². The topological polar surface area (TPSA) is 75.6 Å². The Hall–Kier alpha value is -3.60. The molecule has 2 fully saturated rings. The van der Waals surface area contributed by atoms with E-state index in [9.17, 15) is 9.59 Å². The number of aliphatic carboxylic acids is 1. The van der Waals surface area contributed by atoms with Crippen molar-refractivity contribution in [3.05, 3.63) is 89.5 Å². The van der Waals surface area contributed by atoms with E-state index in [1.54, 1.807) is 7.11 Å². The van der Waals surface area contributed by atoms with Crippen molar-refractivity contribution in [2.75, 3.05) is 13.7 Å². The van der Waals surface area contributed by atoms with E-state index in [4.69, 9.17) is 9.84 Å². The van der Waals surface area contributed by atoms with Gasteiger partial charge in [0.25, 0.3) is 5.91 Å². The van der Waals surface area contributed by atoms with Gasteiger partial charge in [-0.3, -0.25) is 9.59 Å². The highest BCUT2D eigenvalue weighted by Gasteiger charge is 2.52. The number of methoxy groups -OCH3 is 1. The summed E-state index contributed by atoms with van der Waals surface area (Å²) in [5.74, 6) is 1.05. The number of carboxylic acid groups (broad SMARTS) is 1. The van der Waals surface area contributed by atoms with E-state index >= 15 is 0 Å². The van der Waals surface area contributed by atoms with Gasteiger partial charge >= 0.3 is 5.97 Å². The van der Waals surface area contributed by atoms with Crippen molar-refractivity contribution in [2.45, 2.75) is 37.5 Å². The molecule has 2 N–H and O–H groups in total. The summed E-state index contributed by atoms with van der Waals surface area (Å²) in [4.78, 5) is 23.2. The summed E-state index contributed by atoms with van der Waals surface area (Å²) in [6, 6.07) is 25.1. The van der Waals surface area contributed by atoms with Crippen LogP contribution in [0.1, 0.15) is 53.6 Å². The molecule has 2 aliphatic rings. The van der Waals surface area contributed by atoms with Gasteiger partial charge < -0.3 is 15.2 Å². The monoisotopic (exact) mass is 469 g/mol. The molecule has 1 amide bonds. The zero-order valence-electron chi connectivity index (χ0n) is 20.0. The lowest BCUT2D eigenvalue weighted by atomic mass is 9.64. The molecule has 3 atom stereocenters. The van der Waals surface area contributed by atoms with Crippen molar-refractivity contribution in [1.29, 1.82) is 0 Å². The van der Waals surface area contributed by atoms with Crippen LogP contribution in [0.2, 0.25) is 0 Å². The number of rotatable bonds is 8. The first kappa shape index (κ1) is 23.2. The Morgan fingerprint density at radius 3 is 2.29 bits per heavy atom. The highest BCUT2D eigenvalue weighted by molar-refractivity contribution is 5.94. The van der Waals surface area contributed by atoms with Gasteiger partial charge in [-0.05, 0) is 77.6 Å². The smallest absolute Gasteiger partial charge is 0.305 e. The first-order chi connectivity index (χ1) is 17.0. The van der Waals surface area contributed by atoms with Crippen LogP contribution < -0.4 is 10.1 Å². The number of hydrogen-bond donors (Lipinski definition) is 2. The molecular formula is C30H31NO4. The number of carboxylic acids is 1. The van der Waals surface area contributed by atoms with Crippen molar-refractivity contribution in [1.82, 2.24) is 5.32 Å². The highest BCUT2D eigenvalue weighted by Crippen LogP contribution is 2.60. The molecule has 0 radical (unpaired) electrons. The average molecular weight is 470 g/mol. The lowest BCUT2D eigenvalue weighted by Gasteiger charge is -2.39. The van der Waals surface area contributed by atoms with E-state index in [-0.39, 0.29) is 24.3 Å². The summed E-state index contributed by atoms with van der Waals surface area (Å²) in [5.41, 5.74) is 5.44. The molecule has 2 bridgehead atoms. The van der Waals surface area contributed by atoms with Crippen molar-refractivity contribution in [3.63, 3.8) is 0 Å². The van der Waals surface area contributed by atoms with Crippen LogP contribution in [0.15, 0.2) is 72.8 Å². The quantitative estimate of drug-likeness (QED) is 0.446. The average Bonchev–Trinajstić information content (AvgIpc) is 3.51. The van der Waals surface area contributed by atoms with Crippen molar-refractivity contribution in [3.8, 4) is 16.9 Å². The molecule has 3 aromatic rings. The third-order valence-corrected chi connectivity index (χ3v) is 7.94. The normalized spacial score (nSPS) is 22.7. The fourth-order valence-corrected chi connectivity index (χ4v) is 6.27. The van der Waals surface area contributed by atoms with Crippen molar-refractivity contribution in [2.24, 2.45) is 11.8 Å². The molecule has 2 aliphatic carbocycles. The van der Waals surface area contributed by atoms with Crippen molar-refractivity contribution < 1.29 is 19.4 Å². The van der Waals surface area contributed by atoms with Gasteiger partial charge in [-0.25, -0.2) is 0 Å². The summed E-state index contributed by atoms with van der Waals surface area (Å²) < 4.78 is 5.39. The SMILES string of the molecule is COc1cccc(-c2ccc(C3(c4ccc(C(=O)NCCC(=O)O)cc4)CC4CCC3C4)cc2)c1. The van der Waals surface area contributed by atoms with Crippen LogP contribution in [-0.4, -0.2) is 30.6 Å². The zero-order chi connectivity index (χ0) is 24.4. The standard InChI is InChI=1S/C30H31NO4/c1-35-27-4-2-3-23(18-27)21-6-11-24(12-7-21)30(19-20-5-10-26(30)17-20)25-13-8-22(9-14-25)29(34)31-16-15-28(32)33/h2-4,6-9,11-14,18,20,26H,5,10,15-17,19H2,1H3,(H,31,34)(H,32,33). The van der Waals surface area contributed by atoms with Gasteiger partial charge in [-0.1, -0.05) is 55.0 Å². The largest absolute Gasteiger partial charge is 0.497 e. The third-order valence-electron chi connectivity index (χ3n) is 7.94. The molecule has 35 heavy (non-hydrogen) atoms. The number of benzene rings is 3. The van der Waals surface area contributed by atoms with Crippen LogP contribution in [0, 0.1) is 11.8 Å². The second kappa shape index (κ2) is 9.57. The molecular weight excluding hydrogens is 438 g/mol. The predicted molar refractivity (Wildman–Crippen MR) is 136 cm³/mol. The van der Waals surface area contributed by atoms with Crippen LogP contribution in [0.25, 0.3) is 11.1 Å². The van der Waals surface area contributed by atoms with Gasteiger partial charge in [0.15, 0.2) is 0 Å². The van der Waals surface area contributed by atoms with E-state index in [2.05, 4.69) is 53.8 Å². The fraction of sp³-hybridized carbons (Fsp3) is 0.333. The molecule has 5 heteroatoms. The Bertz CT molecular complexity index is 1220. The molecule has 5 rings (SSSR count). The van der Waals surface area contributed by atoms with Gasteiger partial charge in [-0.2, -0.15) is 0 Å². The molecule has 0 spiro atoms. The number of carbonyl (C=O) groups is 2. The lowest BCUT2D eigenvalue weighted by Crippen LogP contribution is -2.34. The van der Waals surface area contributed by atoms with E-state index in [0.29, 0.717) is 11.5 Å². The molecule has 0 aromatic heterocycles. The third kappa shape index (κ3) is 4.43. The van der Waals surface area contributed by atoms with Gasteiger partial charge in [0.1, 0.15) is 5.75 Å². The summed E-state index contributed by atoms with van der Waals surface area (Å²) >= 11 is 0. The van der Waals surface area contributed by atoms with Gasteiger partial charge in [0.05, 0.1) is 13.5 Å². The number of carbonyl (C=O) groups excluding carboxylic acids is 1. The number of hydrogen-bond acceptors (Lipinski definition) is 3. The molecule has 180 valence electrons. The molecule has 0 saturated heterocycles. The Morgan fingerprint density at radius 2 is 1.69 bits per heavy atom. The molecule has 3 unspecified atom stereocenters. The number of ether oxygens (including phenoxy) is 1.